The molecule has 2 aromatic rings. The Balaban J connectivity index is 0.000000224. The van der Waals surface area contributed by atoms with Crippen molar-refractivity contribution in [2.75, 3.05) is 19.0 Å². The van der Waals surface area contributed by atoms with Crippen molar-refractivity contribution in [2.24, 2.45) is 16.6 Å². The normalized spacial score (nSPS) is 19.8. The number of aromatic nitrogens is 1. The molecule has 5 nitrogen and oxygen atoms in total. The number of hydrogen-bond donors (Lipinski definition) is 1. The Bertz CT molecular complexity index is 908. The Labute approximate surface area is 179 Å². The summed E-state index contributed by atoms with van der Waals surface area (Å²) in [5, 5.41) is 9.32. The molecule has 3 heterocycles. The molecule has 2 atom stereocenters. The van der Waals surface area contributed by atoms with Crippen LogP contribution in [0.2, 0.25) is 0 Å². The zero-order chi connectivity index (χ0) is 21.9. The van der Waals surface area contributed by atoms with E-state index in [1.54, 1.807) is 11.8 Å². The van der Waals surface area contributed by atoms with Crippen LogP contribution in [0, 0.1) is 23.1 Å². The second kappa shape index (κ2) is 12.1. The fourth-order valence-corrected chi connectivity index (χ4v) is 3.58. The molecule has 2 aliphatic heterocycles. The van der Waals surface area contributed by atoms with Gasteiger partial charge in [-0.25, -0.2) is 8.78 Å². The average Bonchev–Trinajstić information content (AvgIpc) is 3.25. The van der Waals surface area contributed by atoms with E-state index in [9.17, 15) is 8.78 Å². The lowest BCUT2D eigenvalue weighted by Crippen LogP contribution is -2.28. The summed E-state index contributed by atoms with van der Waals surface area (Å²) in [5.74, 6) is 0.799. The first-order valence-corrected chi connectivity index (χ1v) is 10.6. The van der Waals surface area contributed by atoms with Gasteiger partial charge in [0, 0.05) is 17.9 Å². The molecule has 0 radical (unpaired) electrons. The van der Waals surface area contributed by atoms with Gasteiger partial charge in [-0.1, -0.05) is 37.7 Å². The van der Waals surface area contributed by atoms with Crippen LogP contribution in [0.15, 0.2) is 47.6 Å². The van der Waals surface area contributed by atoms with E-state index in [0.717, 1.165) is 24.1 Å². The molecule has 0 bridgehead atoms. The van der Waals surface area contributed by atoms with E-state index in [0.29, 0.717) is 23.1 Å². The van der Waals surface area contributed by atoms with Crippen molar-refractivity contribution < 1.29 is 13.5 Å². The fourth-order valence-electron chi connectivity index (χ4n) is 2.66. The number of hydrogen-bond acceptors (Lipinski definition) is 6. The Morgan fingerprint density at radius 2 is 1.97 bits per heavy atom. The highest BCUT2D eigenvalue weighted by molar-refractivity contribution is 8.13. The van der Waals surface area contributed by atoms with Gasteiger partial charge in [-0.05, 0) is 35.9 Å². The van der Waals surface area contributed by atoms with Crippen LogP contribution in [0.3, 0.4) is 0 Å². The van der Waals surface area contributed by atoms with Gasteiger partial charge in [0.1, 0.15) is 17.7 Å². The third-order valence-electron chi connectivity index (χ3n) is 4.20. The van der Waals surface area contributed by atoms with Gasteiger partial charge in [0.05, 0.1) is 30.5 Å². The highest BCUT2D eigenvalue weighted by Gasteiger charge is 2.31. The first-order valence-electron chi connectivity index (χ1n) is 9.58. The lowest BCUT2D eigenvalue weighted by molar-refractivity contribution is 0.187. The number of amidine groups is 1. The highest BCUT2D eigenvalue weighted by Crippen LogP contribution is 2.26. The topological polar surface area (TPSA) is 84.3 Å². The first kappa shape index (κ1) is 23.5. The molecule has 2 N–H and O–H groups in total. The highest BCUT2D eigenvalue weighted by atomic mass is 32.2. The second-order valence-corrected chi connectivity index (χ2v) is 7.27. The molecule has 1 fully saturated rings. The molecule has 1 aromatic heterocycles. The van der Waals surface area contributed by atoms with E-state index in [-0.39, 0.29) is 11.5 Å². The third kappa shape index (κ3) is 6.94. The molecule has 1 unspecified atom stereocenters. The van der Waals surface area contributed by atoms with E-state index in [1.807, 2.05) is 19.9 Å². The third-order valence-corrected chi connectivity index (χ3v) is 5.20. The van der Waals surface area contributed by atoms with Gasteiger partial charge in [-0.2, -0.15) is 5.26 Å². The summed E-state index contributed by atoms with van der Waals surface area (Å²) < 4.78 is 31.7. The van der Waals surface area contributed by atoms with Crippen molar-refractivity contribution in [3.63, 3.8) is 0 Å². The van der Waals surface area contributed by atoms with E-state index in [1.165, 1.54) is 48.7 Å². The second-order valence-electron chi connectivity index (χ2n) is 6.23. The number of halogens is 2. The van der Waals surface area contributed by atoms with Crippen LogP contribution in [0.25, 0.3) is 11.9 Å². The molecule has 158 valence electrons. The van der Waals surface area contributed by atoms with Gasteiger partial charge in [-0.15, -0.1) is 0 Å². The fraction of sp³-hybridized carbons (Fsp3) is 0.318. The Morgan fingerprint density at radius 3 is 2.60 bits per heavy atom. The van der Waals surface area contributed by atoms with Crippen molar-refractivity contribution in [2.45, 2.75) is 19.9 Å². The van der Waals surface area contributed by atoms with E-state index < -0.39 is 5.83 Å². The Morgan fingerprint density at radius 1 is 1.23 bits per heavy atom. The molecule has 1 saturated heterocycles. The number of nitrogens with two attached hydrogens (primary N) is 1. The van der Waals surface area contributed by atoms with Gasteiger partial charge in [0.25, 0.3) is 0 Å². The number of fused-ring (bicyclic) bond motifs is 1. The number of benzene rings is 1. The van der Waals surface area contributed by atoms with Gasteiger partial charge < -0.3 is 10.5 Å². The molecule has 0 amide bonds. The molecule has 0 spiro atoms. The van der Waals surface area contributed by atoms with Crippen LogP contribution in [0.5, 0.6) is 0 Å². The summed E-state index contributed by atoms with van der Waals surface area (Å²) >= 11 is 1.64. The predicted molar refractivity (Wildman–Crippen MR) is 118 cm³/mol. The Kier molecular flexibility index (Phi) is 9.45. The number of nitrogens with zero attached hydrogens (tertiary/aromatic N) is 3. The number of thioether (sulfide) groups is 1. The average molecular weight is 431 g/mol. The number of rotatable bonds is 2. The summed E-state index contributed by atoms with van der Waals surface area (Å²) in [4.78, 5) is 8.10. The summed E-state index contributed by atoms with van der Waals surface area (Å²) in [7, 11) is 0. The van der Waals surface area contributed by atoms with Crippen molar-refractivity contribution >= 4 is 28.8 Å². The van der Waals surface area contributed by atoms with Crippen molar-refractivity contribution in [3.05, 3.63) is 65.2 Å². The van der Waals surface area contributed by atoms with E-state index >= 15 is 0 Å². The standard InChI is InChI=1S/C14H8F2N2.C6H10N2OS.C2H6/c15-12-4-1-10(2-5-12)7-13(16)14-6-3-11(8-17)9-18-14;7-6-8-5-2-9-1-4(5)3-10-6;1-2/h1-7,9H;4-5H,1-3H2,(H2,7,8);1-2H3/b13-7-;;/t;4-,5?;/m.1./s1. The van der Waals surface area contributed by atoms with Crippen LogP contribution in [0.4, 0.5) is 8.78 Å². The van der Waals surface area contributed by atoms with Crippen LogP contribution in [-0.4, -0.2) is 35.2 Å². The summed E-state index contributed by atoms with van der Waals surface area (Å²) in [6.07, 6.45) is 2.56. The van der Waals surface area contributed by atoms with Crippen LogP contribution in [-0.2, 0) is 4.74 Å². The zero-order valence-electron chi connectivity index (χ0n) is 16.9. The van der Waals surface area contributed by atoms with Crippen LogP contribution >= 0.6 is 11.8 Å². The maximum Gasteiger partial charge on any atom is 0.154 e. The molecule has 4 rings (SSSR count). The number of pyridine rings is 1. The Hall–Kier alpha value is -2.76. The minimum Gasteiger partial charge on any atom is -0.379 e. The van der Waals surface area contributed by atoms with Gasteiger partial charge in [0.15, 0.2) is 5.17 Å². The molecule has 1 aromatic carbocycles. The van der Waals surface area contributed by atoms with Gasteiger partial charge in [-0.3, -0.25) is 9.98 Å². The zero-order valence-corrected chi connectivity index (χ0v) is 17.7. The molecule has 0 aliphatic carbocycles. The maximum atomic E-state index is 13.8. The minimum atomic E-state index is -0.536. The van der Waals surface area contributed by atoms with Gasteiger partial charge in [0.2, 0.25) is 0 Å². The predicted octanol–water partition coefficient (Wildman–Crippen LogP) is 4.65. The smallest absolute Gasteiger partial charge is 0.154 e. The molecule has 30 heavy (non-hydrogen) atoms. The maximum absolute atomic E-state index is 13.8. The molecule has 8 heteroatoms. The summed E-state index contributed by atoms with van der Waals surface area (Å²) in [6, 6.07) is 10.6. The monoisotopic (exact) mass is 430 g/mol. The lowest BCUT2D eigenvalue weighted by Gasteiger charge is -2.18. The quantitative estimate of drug-likeness (QED) is 0.750. The lowest BCUT2D eigenvalue weighted by atomic mass is 10.1. The first-order chi connectivity index (χ1) is 14.5. The molecular weight excluding hydrogens is 406 g/mol. The molecular formula is C22H24F2N4OS. The van der Waals surface area contributed by atoms with E-state index in [4.69, 9.17) is 15.7 Å². The van der Waals surface area contributed by atoms with Crippen LogP contribution < -0.4 is 5.73 Å². The van der Waals surface area contributed by atoms with Crippen molar-refractivity contribution in [1.29, 1.82) is 5.26 Å². The number of ether oxygens (including phenoxy) is 1. The van der Waals surface area contributed by atoms with E-state index in [2.05, 4.69) is 9.98 Å². The largest absolute Gasteiger partial charge is 0.379 e. The SMILES string of the molecule is CC.N#Cc1ccc(/C(F)=C/c2ccc(F)cc2)nc1.NC1=NC2COC[C@@H]2CS1. The molecule has 2 aliphatic rings. The van der Waals surface area contributed by atoms with Gasteiger partial charge >= 0.3 is 0 Å². The van der Waals surface area contributed by atoms with Crippen LogP contribution in [0.1, 0.15) is 30.7 Å². The summed E-state index contributed by atoms with van der Waals surface area (Å²) in [5.41, 5.74) is 6.60. The number of aliphatic imine (C=N–C) groups is 1. The molecule has 0 saturated carbocycles. The van der Waals surface area contributed by atoms with Crippen molar-refractivity contribution in [3.8, 4) is 6.07 Å². The number of nitriles is 1. The van der Waals surface area contributed by atoms with Crippen molar-refractivity contribution in [1.82, 2.24) is 4.98 Å². The minimum absolute atomic E-state index is 0.137. The summed E-state index contributed by atoms with van der Waals surface area (Å²) in [6.45, 7) is 5.64.